The van der Waals surface area contributed by atoms with E-state index in [4.69, 9.17) is 5.73 Å². The van der Waals surface area contributed by atoms with Gasteiger partial charge in [0.1, 0.15) is 0 Å². The van der Waals surface area contributed by atoms with Gasteiger partial charge >= 0.3 is 0 Å². The van der Waals surface area contributed by atoms with Gasteiger partial charge in [-0.3, -0.25) is 4.90 Å². The van der Waals surface area contributed by atoms with Crippen LogP contribution in [-0.4, -0.2) is 50.0 Å². The maximum absolute atomic E-state index is 11.4. The van der Waals surface area contributed by atoms with Gasteiger partial charge in [-0.05, 0) is 19.5 Å². The number of nitrogens with two attached hydrogens (primary N) is 1. The molecular formula is C9H20N2O2S. The van der Waals surface area contributed by atoms with Crippen LogP contribution < -0.4 is 5.73 Å². The molecule has 0 saturated carbocycles. The van der Waals surface area contributed by atoms with Crippen LogP contribution in [0.4, 0.5) is 0 Å². The SMILES string of the molecule is CCCN(CC)C1CS(=O)(=O)CC1N. The molecule has 84 valence electrons. The standard InChI is InChI=1S/C9H20N2O2S/c1-3-5-11(4-2)9-7-14(12,13)6-8(9)10/h8-9H,3-7,10H2,1-2H3. The van der Waals surface area contributed by atoms with E-state index in [1.165, 1.54) is 0 Å². The Morgan fingerprint density at radius 3 is 2.36 bits per heavy atom. The van der Waals surface area contributed by atoms with Gasteiger partial charge in [-0.15, -0.1) is 0 Å². The maximum atomic E-state index is 11.4. The topological polar surface area (TPSA) is 63.4 Å². The van der Waals surface area contributed by atoms with Crippen LogP contribution in [0.25, 0.3) is 0 Å². The minimum absolute atomic E-state index is 0.0324. The first-order valence-electron chi connectivity index (χ1n) is 5.20. The van der Waals surface area contributed by atoms with E-state index in [1.54, 1.807) is 0 Å². The molecule has 0 spiro atoms. The summed E-state index contributed by atoms with van der Waals surface area (Å²) in [6.07, 6.45) is 1.04. The molecule has 1 fully saturated rings. The first kappa shape index (κ1) is 11.9. The van der Waals surface area contributed by atoms with Gasteiger partial charge < -0.3 is 5.73 Å². The molecule has 2 N–H and O–H groups in total. The average molecular weight is 220 g/mol. The van der Waals surface area contributed by atoms with Crippen molar-refractivity contribution >= 4 is 9.84 Å². The van der Waals surface area contributed by atoms with Crippen LogP contribution in [0, 0.1) is 0 Å². The van der Waals surface area contributed by atoms with Crippen molar-refractivity contribution in [2.24, 2.45) is 5.73 Å². The minimum Gasteiger partial charge on any atom is -0.325 e. The Kier molecular flexibility index (Phi) is 3.92. The molecule has 1 aliphatic rings. The lowest BCUT2D eigenvalue weighted by Gasteiger charge is -2.28. The fraction of sp³-hybridized carbons (Fsp3) is 1.00. The maximum Gasteiger partial charge on any atom is 0.153 e. The predicted molar refractivity (Wildman–Crippen MR) is 58.0 cm³/mol. The summed E-state index contributed by atoms with van der Waals surface area (Å²) in [4.78, 5) is 2.18. The van der Waals surface area contributed by atoms with Crippen LogP contribution in [0.3, 0.4) is 0 Å². The third kappa shape index (κ3) is 2.68. The smallest absolute Gasteiger partial charge is 0.153 e. The van der Waals surface area contributed by atoms with Crippen molar-refractivity contribution in [2.75, 3.05) is 24.6 Å². The van der Waals surface area contributed by atoms with E-state index < -0.39 is 9.84 Å². The van der Waals surface area contributed by atoms with Crippen molar-refractivity contribution in [3.8, 4) is 0 Å². The molecule has 1 rings (SSSR count). The van der Waals surface area contributed by atoms with E-state index >= 15 is 0 Å². The molecule has 4 nitrogen and oxygen atoms in total. The highest BCUT2D eigenvalue weighted by atomic mass is 32.2. The number of rotatable bonds is 4. The van der Waals surface area contributed by atoms with E-state index in [9.17, 15) is 8.42 Å². The minimum atomic E-state index is -2.88. The molecule has 1 saturated heterocycles. The molecule has 14 heavy (non-hydrogen) atoms. The van der Waals surface area contributed by atoms with E-state index in [-0.39, 0.29) is 23.6 Å². The Hall–Kier alpha value is -0.130. The Morgan fingerprint density at radius 1 is 1.36 bits per heavy atom. The van der Waals surface area contributed by atoms with E-state index in [0.29, 0.717) is 0 Å². The first-order chi connectivity index (χ1) is 6.50. The van der Waals surface area contributed by atoms with Crippen molar-refractivity contribution in [1.29, 1.82) is 0 Å². The van der Waals surface area contributed by atoms with Crippen molar-refractivity contribution in [3.63, 3.8) is 0 Å². The van der Waals surface area contributed by atoms with Gasteiger partial charge in [0.2, 0.25) is 0 Å². The quantitative estimate of drug-likeness (QED) is 0.715. The van der Waals surface area contributed by atoms with E-state index in [2.05, 4.69) is 11.8 Å². The van der Waals surface area contributed by atoms with Crippen LogP contribution in [0.1, 0.15) is 20.3 Å². The Morgan fingerprint density at radius 2 is 2.00 bits per heavy atom. The molecule has 0 amide bonds. The molecule has 1 aliphatic heterocycles. The molecule has 0 aromatic rings. The fourth-order valence-corrected chi connectivity index (χ4v) is 4.00. The van der Waals surface area contributed by atoms with Gasteiger partial charge in [-0.25, -0.2) is 8.42 Å². The number of sulfone groups is 1. The summed E-state index contributed by atoms with van der Waals surface area (Å²) in [7, 11) is -2.88. The second kappa shape index (κ2) is 4.59. The van der Waals surface area contributed by atoms with Gasteiger partial charge in [0.25, 0.3) is 0 Å². The van der Waals surface area contributed by atoms with Crippen molar-refractivity contribution in [1.82, 2.24) is 4.90 Å². The van der Waals surface area contributed by atoms with Crippen molar-refractivity contribution < 1.29 is 8.42 Å². The fourth-order valence-electron chi connectivity index (χ4n) is 2.08. The number of nitrogens with zero attached hydrogens (tertiary/aromatic N) is 1. The van der Waals surface area contributed by atoms with Crippen LogP contribution in [-0.2, 0) is 9.84 Å². The molecule has 0 bridgehead atoms. The van der Waals surface area contributed by atoms with Gasteiger partial charge in [0, 0.05) is 12.1 Å². The molecule has 1 heterocycles. The monoisotopic (exact) mass is 220 g/mol. The predicted octanol–water partition coefficient (Wildman–Crippen LogP) is -0.157. The third-order valence-corrected chi connectivity index (χ3v) is 4.49. The normalized spacial score (nSPS) is 31.1. The van der Waals surface area contributed by atoms with Gasteiger partial charge in [-0.2, -0.15) is 0 Å². The first-order valence-corrected chi connectivity index (χ1v) is 7.02. The lowest BCUT2D eigenvalue weighted by molar-refractivity contribution is 0.209. The molecule has 2 unspecified atom stereocenters. The Balaban J connectivity index is 2.68. The lowest BCUT2D eigenvalue weighted by atomic mass is 10.1. The van der Waals surface area contributed by atoms with E-state index in [1.807, 2.05) is 6.92 Å². The van der Waals surface area contributed by atoms with Crippen LogP contribution in [0.5, 0.6) is 0 Å². The highest BCUT2D eigenvalue weighted by Crippen LogP contribution is 2.16. The zero-order valence-corrected chi connectivity index (χ0v) is 9.76. The molecule has 0 aromatic carbocycles. The Labute approximate surface area is 86.4 Å². The summed E-state index contributed by atoms with van der Waals surface area (Å²) < 4.78 is 22.7. The second-order valence-electron chi connectivity index (χ2n) is 3.94. The van der Waals surface area contributed by atoms with Crippen molar-refractivity contribution in [2.45, 2.75) is 32.4 Å². The molecule has 0 aromatic heterocycles. The number of hydrogen-bond acceptors (Lipinski definition) is 4. The summed E-state index contributed by atoms with van der Waals surface area (Å²) in [6, 6.07) is -0.170. The molecule has 2 atom stereocenters. The molecule has 0 radical (unpaired) electrons. The van der Waals surface area contributed by atoms with E-state index in [0.717, 1.165) is 19.5 Å². The summed E-state index contributed by atoms with van der Waals surface area (Å²) in [5.74, 6) is 0.389. The molecule has 0 aliphatic carbocycles. The van der Waals surface area contributed by atoms with Gasteiger partial charge in [0.15, 0.2) is 9.84 Å². The third-order valence-electron chi connectivity index (χ3n) is 2.75. The summed E-state index contributed by atoms with van der Waals surface area (Å²) in [5, 5.41) is 0. The highest BCUT2D eigenvalue weighted by Gasteiger charge is 2.37. The van der Waals surface area contributed by atoms with Crippen LogP contribution >= 0.6 is 0 Å². The van der Waals surface area contributed by atoms with Crippen LogP contribution in [0.15, 0.2) is 0 Å². The summed E-state index contributed by atoms with van der Waals surface area (Å²) >= 11 is 0. The Bertz CT molecular complexity index is 277. The number of hydrogen-bond donors (Lipinski definition) is 1. The lowest BCUT2D eigenvalue weighted by Crippen LogP contribution is -2.47. The zero-order valence-electron chi connectivity index (χ0n) is 8.94. The second-order valence-corrected chi connectivity index (χ2v) is 6.09. The molecule has 5 heteroatoms. The number of likely N-dealkylation sites (N-methyl/N-ethyl adjacent to an activating group) is 1. The van der Waals surface area contributed by atoms with Crippen molar-refractivity contribution in [3.05, 3.63) is 0 Å². The van der Waals surface area contributed by atoms with Gasteiger partial charge in [-0.1, -0.05) is 13.8 Å². The molecular weight excluding hydrogens is 200 g/mol. The summed E-state index contributed by atoms with van der Waals surface area (Å²) in [5.41, 5.74) is 5.84. The summed E-state index contributed by atoms with van der Waals surface area (Å²) in [6.45, 7) is 5.96. The largest absolute Gasteiger partial charge is 0.325 e. The van der Waals surface area contributed by atoms with Crippen LogP contribution in [0.2, 0.25) is 0 Å². The zero-order chi connectivity index (χ0) is 10.8. The highest BCUT2D eigenvalue weighted by molar-refractivity contribution is 7.91. The van der Waals surface area contributed by atoms with Gasteiger partial charge in [0.05, 0.1) is 11.5 Å². The average Bonchev–Trinajstić information content (AvgIpc) is 2.35.